The highest BCUT2D eigenvalue weighted by atomic mass is 16.5. The predicted molar refractivity (Wildman–Crippen MR) is 102 cm³/mol. The van der Waals surface area contributed by atoms with Crippen LogP contribution in [0.2, 0.25) is 0 Å². The van der Waals surface area contributed by atoms with Crippen LogP contribution >= 0.6 is 0 Å². The Hall–Kier alpha value is -2.37. The Morgan fingerprint density at radius 1 is 1.04 bits per heavy atom. The second-order valence-corrected chi connectivity index (χ2v) is 6.81. The molecule has 2 aromatic carbocycles. The molecule has 0 unspecified atom stereocenters. The summed E-state index contributed by atoms with van der Waals surface area (Å²) in [6.45, 7) is 3.22. The molecule has 138 valence electrons. The molecule has 0 spiro atoms. The molecule has 0 aromatic heterocycles. The largest absolute Gasteiger partial charge is 0.457 e. The first-order valence-electron chi connectivity index (χ1n) is 9.02. The van der Waals surface area contributed by atoms with Crippen LogP contribution in [0.3, 0.4) is 0 Å². The maximum absolute atomic E-state index is 12.5. The van der Waals surface area contributed by atoms with Crippen molar-refractivity contribution in [2.75, 3.05) is 33.4 Å². The number of amides is 1. The maximum Gasteiger partial charge on any atom is 0.251 e. The van der Waals surface area contributed by atoms with Crippen molar-refractivity contribution in [3.8, 4) is 11.5 Å². The molecule has 0 atom stereocenters. The van der Waals surface area contributed by atoms with E-state index in [0.29, 0.717) is 24.5 Å². The minimum absolute atomic E-state index is 0.0199. The fourth-order valence-corrected chi connectivity index (χ4v) is 3.30. The Kier molecular flexibility index (Phi) is 6.26. The Morgan fingerprint density at radius 2 is 1.69 bits per heavy atom. The Morgan fingerprint density at radius 3 is 2.35 bits per heavy atom. The molecule has 1 saturated heterocycles. The van der Waals surface area contributed by atoms with Crippen molar-refractivity contribution in [3.05, 3.63) is 60.2 Å². The van der Waals surface area contributed by atoms with E-state index in [1.807, 2.05) is 42.5 Å². The van der Waals surface area contributed by atoms with E-state index in [-0.39, 0.29) is 11.3 Å². The van der Waals surface area contributed by atoms with Gasteiger partial charge in [0.1, 0.15) is 11.5 Å². The number of carbonyl (C=O) groups excluding carboxylic acids is 1. The van der Waals surface area contributed by atoms with E-state index in [0.717, 1.165) is 31.7 Å². The van der Waals surface area contributed by atoms with Crippen LogP contribution in [0.4, 0.5) is 0 Å². The quantitative estimate of drug-likeness (QED) is 0.801. The molecule has 0 radical (unpaired) electrons. The number of hydrogen-bond acceptors (Lipinski definition) is 4. The summed E-state index contributed by atoms with van der Waals surface area (Å²) < 4.78 is 11.2. The molecule has 5 heteroatoms. The number of benzene rings is 2. The highest BCUT2D eigenvalue weighted by Gasteiger charge is 2.32. The Bertz CT molecular complexity index is 689. The number of ether oxygens (including phenoxy) is 2. The molecule has 1 aliphatic rings. The molecule has 0 aliphatic carbocycles. The van der Waals surface area contributed by atoms with Crippen LogP contribution < -0.4 is 15.4 Å². The summed E-state index contributed by atoms with van der Waals surface area (Å²) >= 11 is 0. The predicted octanol–water partition coefficient (Wildman–Crippen LogP) is 3.22. The lowest BCUT2D eigenvalue weighted by Crippen LogP contribution is -2.47. The van der Waals surface area contributed by atoms with Crippen LogP contribution in [0, 0.1) is 5.41 Å². The first-order chi connectivity index (χ1) is 12.7. The van der Waals surface area contributed by atoms with Gasteiger partial charge in [0.25, 0.3) is 5.91 Å². The van der Waals surface area contributed by atoms with Crippen molar-refractivity contribution < 1.29 is 14.3 Å². The third-order valence-electron chi connectivity index (χ3n) is 4.83. The second kappa shape index (κ2) is 8.83. The van der Waals surface area contributed by atoms with Gasteiger partial charge in [0.05, 0.1) is 6.61 Å². The summed E-state index contributed by atoms with van der Waals surface area (Å²) in [5.41, 5.74) is 0.651. The van der Waals surface area contributed by atoms with E-state index in [2.05, 4.69) is 10.6 Å². The first kappa shape index (κ1) is 18.4. The van der Waals surface area contributed by atoms with Gasteiger partial charge in [-0.05, 0) is 62.3 Å². The van der Waals surface area contributed by atoms with Crippen molar-refractivity contribution in [2.45, 2.75) is 12.8 Å². The van der Waals surface area contributed by atoms with E-state index in [9.17, 15) is 4.79 Å². The minimum atomic E-state index is -0.0646. The summed E-state index contributed by atoms with van der Waals surface area (Å²) in [4.78, 5) is 12.5. The second-order valence-electron chi connectivity index (χ2n) is 6.81. The molecular weight excluding hydrogens is 328 g/mol. The van der Waals surface area contributed by atoms with Gasteiger partial charge in [-0.25, -0.2) is 0 Å². The molecule has 2 aromatic rings. The highest BCUT2D eigenvalue weighted by Crippen LogP contribution is 2.28. The van der Waals surface area contributed by atoms with Crippen LogP contribution in [0.1, 0.15) is 23.2 Å². The van der Waals surface area contributed by atoms with Crippen molar-refractivity contribution >= 4 is 5.91 Å². The topological polar surface area (TPSA) is 59.6 Å². The lowest BCUT2D eigenvalue weighted by Gasteiger charge is -2.37. The zero-order chi connectivity index (χ0) is 18.2. The Labute approximate surface area is 154 Å². The lowest BCUT2D eigenvalue weighted by atomic mass is 9.79. The third-order valence-corrected chi connectivity index (χ3v) is 4.83. The summed E-state index contributed by atoms with van der Waals surface area (Å²) in [6.07, 6.45) is 2.01. The molecule has 3 rings (SSSR count). The van der Waals surface area contributed by atoms with Crippen molar-refractivity contribution in [1.82, 2.24) is 10.6 Å². The zero-order valence-electron chi connectivity index (χ0n) is 15.2. The molecule has 1 fully saturated rings. The molecule has 1 aliphatic heterocycles. The highest BCUT2D eigenvalue weighted by molar-refractivity contribution is 5.94. The summed E-state index contributed by atoms with van der Waals surface area (Å²) in [7, 11) is 1.72. The van der Waals surface area contributed by atoms with Gasteiger partial charge < -0.3 is 20.1 Å². The van der Waals surface area contributed by atoms with Gasteiger partial charge in [-0.1, -0.05) is 18.2 Å². The first-order valence-corrected chi connectivity index (χ1v) is 9.02. The van der Waals surface area contributed by atoms with Crippen LogP contribution in [0.25, 0.3) is 0 Å². The summed E-state index contributed by atoms with van der Waals surface area (Å²) in [5, 5.41) is 6.44. The SMILES string of the molecule is COCC1(CNC(=O)c2ccc(Oc3ccccc3)cc2)CCNCC1. The van der Waals surface area contributed by atoms with Crippen LogP contribution in [0.15, 0.2) is 54.6 Å². The van der Waals surface area contributed by atoms with Gasteiger partial charge in [-0.2, -0.15) is 0 Å². The van der Waals surface area contributed by atoms with E-state index in [1.165, 1.54) is 0 Å². The van der Waals surface area contributed by atoms with Gasteiger partial charge in [0.15, 0.2) is 0 Å². The van der Waals surface area contributed by atoms with E-state index >= 15 is 0 Å². The number of nitrogens with one attached hydrogen (secondary N) is 2. The summed E-state index contributed by atoms with van der Waals surface area (Å²) in [6, 6.07) is 16.8. The fourth-order valence-electron chi connectivity index (χ4n) is 3.30. The number of piperidine rings is 1. The number of methoxy groups -OCH3 is 1. The van der Waals surface area contributed by atoms with Crippen LogP contribution in [-0.2, 0) is 4.74 Å². The average molecular weight is 354 g/mol. The molecular formula is C21H26N2O3. The van der Waals surface area contributed by atoms with Crippen molar-refractivity contribution in [3.63, 3.8) is 0 Å². The van der Waals surface area contributed by atoms with Gasteiger partial charge in [0.2, 0.25) is 0 Å². The minimum Gasteiger partial charge on any atom is -0.457 e. The van der Waals surface area contributed by atoms with Crippen LogP contribution in [-0.4, -0.2) is 39.3 Å². The maximum atomic E-state index is 12.5. The molecule has 2 N–H and O–H groups in total. The molecule has 1 amide bonds. The van der Waals surface area contributed by atoms with Crippen LogP contribution in [0.5, 0.6) is 11.5 Å². The molecule has 0 saturated carbocycles. The van der Waals surface area contributed by atoms with Crippen molar-refractivity contribution in [1.29, 1.82) is 0 Å². The van der Waals surface area contributed by atoms with E-state index < -0.39 is 0 Å². The third kappa shape index (κ3) is 4.84. The standard InChI is InChI=1S/C21H26N2O3/c1-25-16-21(11-13-22-14-12-21)15-23-20(24)17-7-9-19(10-8-17)26-18-5-3-2-4-6-18/h2-10,22H,11-16H2,1H3,(H,23,24). The molecule has 5 nitrogen and oxygen atoms in total. The number of carbonyl (C=O) groups is 1. The number of para-hydroxylation sites is 1. The molecule has 1 heterocycles. The lowest BCUT2D eigenvalue weighted by molar-refractivity contribution is 0.0512. The Balaban J connectivity index is 1.57. The number of hydrogen-bond donors (Lipinski definition) is 2. The molecule has 0 bridgehead atoms. The molecule has 26 heavy (non-hydrogen) atoms. The van der Waals surface area contributed by atoms with Gasteiger partial charge >= 0.3 is 0 Å². The number of rotatable bonds is 7. The van der Waals surface area contributed by atoms with E-state index in [1.54, 1.807) is 19.2 Å². The van der Waals surface area contributed by atoms with E-state index in [4.69, 9.17) is 9.47 Å². The van der Waals surface area contributed by atoms with Gasteiger partial charge in [0, 0.05) is 24.6 Å². The fraction of sp³-hybridized carbons (Fsp3) is 0.381. The average Bonchev–Trinajstić information content (AvgIpc) is 2.69. The van der Waals surface area contributed by atoms with Gasteiger partial charge in [-0.15, -0.1) is 0 Å². The van der Waals surface area contributed by atoms with Crippen molar-refractivity contribution in [2.24, 2.45) is 5.41 Å². The zero-order valence-corrected chi connectivity index (χ0v) is 15.2. The smallest absolute Gasteiger partial charge is 0.251 e. The normalized spacial score (nSPS) is 16.0. The summed E-state index contributed by atoms with van der Waals surface area (Å²) in [5.74, 6) is 1.42. The monoisotopic (exact) mass is 354 g/mol. The van der Waals surface area contributed by atoms with Gasteiger partial charge in [-0.3, -0.25) is 4.79 Å².